The maximum Gasteiger partial charge on any atom is 0.240 e. The molecule has 18 heavy (non-hydrogen) atoms. The highest BCUT2D eigenvalue weighted by atomic mass is 32.1. The molecule has 4 nitrogen and oxygen atoms in total. The predicted molar refractivity (Wildman–Crippen MR) is 73.0 cm³/mol. The Balaban J connectivity index is 1.44. The highest BCUT2D eigenvalue weighted by Crippen LogP contribution is 2.40. The lowest BCUT2D eigenvalue weighted by molar-refractivity contribution is -0.115. The van der Waals surface area contributed by atoms with E-state index >= 15 is 0 Å². The Morgan fingerprint density at radius 3 is 2.83 bits per heavy atom. The van der Waals surface area contributed by atoms with Crippen LogP contribution in [0.1, 0.15) is 50.1 Å². The molecule has 0 aromatic carbocycles. The fourth-order valence-electron chi connectivity index (χ4n) is 2.44. The third kappa shape index (κ3) is 3.09. The van der Waals surface area contributed by atoms with Crippen LogP contribution < -0.4 is 10.6 Å². The van der Waals surface area contributed by atoms with Gasteiger partial charge in [0.2, 0.25) is 5.91 Å². The largest absolute Gasteiger partial charge is 0.306 e. The van der Waals surface area contributed by atoms with Gasteiger partial charge < -0.3 is 10.6 Å². The summed E-state index contributed by atoms with van der Waals surface area (Å²) in [5.74, 6) is 0.683. The highest BCUT2D eigenvalue weighted by molar-refractivity contribution is 7.13. The number of carbonyl (C=O) groups is 1. The lowest BCUT2D eigenvalue weighted by Crippen LogP contribution is -2.34. The van der Waals surface area contributed by atoms with Gasteiger partial charge in [0, 0.05) is 17.3 Å². The fourth-order valence-corrected chi connectivity index (χ4v) is 3.25. The van der Waals surface area contributed by atoms with Crippen molar-refractivity contribution in [3.63, 3.8) is 0 Å². The van der Waals surface area contributed by atoms with E-state index in [4.69, 9.17) is 0 Å². The number of rotatable bonds is 5. The van der Waals surface area contributed by atoms with Gasteiger partial charge in [0.1, 0.15) is 0 Å². The molecule has 0 radical (unpaired) electrons. The summed E-state index contributed by atoms with van der Waals surface area (Å²) in [7, 11) is 0. The average Bonchev–Trinajstić information content (AvgIpc) is 2.90. The van der Waals surface area contributed by atoms with Crippen molar-refractivity contribution >= 4 is 22.4 Å². The van der Waals surface area contributed by atoms with Crippen LogP contribution in [0.25, 0.3) is 0 Å². The number of carbonyl (C=O) groups excluding carboxylic acids is 1. The standard InChI is InChI=1S/C13H19N3OS/c17-12(7-14-10-3-1-2-4-10)16-13-15-11(8-18-13)9-5-6-9/h8-10,14H,1-7H2,(H,15,16,17). The molecule has 2 fully saturated rings. The molecule has 0 unspecified atom stereocenters. The van der Waals surface area contributed by atoms with Gasteiger partial charge in [0.05, 0.1) is 12.2 Å². The normalized spacial score (nSPS) is 20.2. The van der Waals surface area contributed by atoms with Crippen LogP contribution in [0.2, 0.25) is 0 Å². The molecule has 98 valence electrons. The van der Waals surface area contributed by atoms with Gasteiger partial charge in [-0.1, -0.05) is 12.8 Å². The second-order valence-corrected chi connectivity index (χ2v) is 6.12. The Labute approximate surface area is 111 Å². The average molecular weight is 265 g/mol. The number of thiazole rings is 1. The molecule has 2 N–H and O–H groups in total. The molecular weight excluding hydrogens is 246 g/mol. The number of aromatic nitrogens is 1. The quantitative estimate of drug-likeness (QED) is 0.860. The minimum Gasteiger partial charge on any atom is -0.306 e. The Hall–Kier alpha value is -0.940. The van der Waals surface area contributed by atoms with E-state index in [0.29, 0.717) is 18.5 Å². The SMILES string of the molecule is O=C(CNC1CCCC1)Nc1nc(C2CC2)cs1. The number of nitrogens with one attached hydrogen (secondary N) is 2. The Kier molecular flexibility index (Phi) is 3.61. The number of anilines is 1. The minimum atomic E-state index is 0.0265. The van der Waals surface area contributed by atoms with Gasteiger partial charge in [-0.3, -0.25) is 4.79 Å². The minimum absolute atomic E-state index is 0.0265. The van der Waals surface area contributed by atoms with E-state index in [0.717, 1.165) is 10.8 Å². The topological polar surface area (TPSA) is 54.0 Å². The van der Waals surface area contributed by atoms with E-state index in [1.807, 2.05) is 0 Å². The molecule has 1 aromatic rings. The van der Waals surface area contributed by atoms with Crippen LogP contribution >= 0.6 is 11.3 Å². The Bertz CT molecular complexity index is 422. The van der Waals surface area contributed by atoms with Crippen molar-refractivity contribution in [2.75, 3.05) is 11.9 Å². The van der Waals surface area contributed by atoms with E-state index < -0.39 is 0 Å². The zero-order valence-electron chi connectivity index (χ0n) is 10.4. The molecule has 0 aliphatic heterocycles. The summed E-state index contributed by atoms with van der Waals surface area (Å²) >= 11 is 1.53. The van der Waals surface area contributed by atoms with Gasteiger partial charge in [0.25, 0.3) is 0 Å². The van der Waals surface area contributed by atoms with Crippen molar-refractivity contribution in [2.45, 2.75) is 50.5 Å². The fraction of sp³-hybridized carbons (Fsp3) is 0.692. The molecule has 2 saturated carbocycles. The number of amides is 1. The third-order valence-corrected chi connectivity index (χ3v) is 4.45. The lowest BCUT2D eigenvalue weighted by Gasteiger charge is -2.10. The summed E-state index contributed by atoms with van der Waals surface area (Å²) < 4.78 is 0. The van der Waals surface area contributed by atoms with Crippen molar-refractivity contribution in [2.24, 2.45) is 0 Å². The van der Waals surface area contributed by atoms with Crippen LogP contribution in [0.5, 0.6) is 0 Å². The smallest absolute Gasteiger partial charge is 0.240 e. The second kappa shape index (κ2) is 5.36. The van der Waals surface area contributed by atoms with E-state index in [-0.39, 0.29) is 5.91 Å². The van der Waals surface area contributed by atoms with Crippen molar-refractivity contribution in [3.8, 4) is 0 Å². The first-order valence-corrected chi connectivity index (χ1v) is 7.68. The van der Waals surface area contributed by atoms with Gasteiger partial charge in [-0.2, -0.15) is 0 Å². The molecule has 1 aromatic heterocycles. The van der Waals surface area contributed by atoms with Gasteiger partial charge in [-0.25, -0.2) is 4.98 Å². The van der Waals surface area contributed by atoms with E-state index in [1.165, 1.54) is 49.9 Å². The molecule has 0 saturated heterocycles. The van der Waals surface area contributed by atoms with E-state index in [2.05, 4.69) is 21.0 Å². The second-order valence-electron chi connectivity index (χ2n) is 5.26. The van der Waals surface area contributed by atoms with Crippen molar-refractivity contribution in [1.82, 2.24) is 10.3 Å². The van der Waals surface area contributed by atoms with Crippen molar-refractivity contribution in [1.29, 1.82) is 0 Å². The molecule has 1 amide bonds. The maximum atomic E-state index is 11.8. The highest BCUT2D eigenvalue weighted by Gasteiger charge is 2.26. The summed E-state index contributed by atoms with van der Waals surface area (Å²) in [5.41, 5.74) is 1.15. The zero-order valence-corrected chi connectivity index (χ0v) is 11.3. The van der Waals surface area contributed by atoms with Crippen LogP contribution in [0, 0.1) is 0 Å². The van der Waals surface area contributed by atoms with Crippen LogP contribution in [0.15, 0.2) is 5.38 Å². The number of hydrogen-bond acceptors (Lipinski definition) is 4. The lowest BCUT2D eigenvalue weighted by atomic mass is 10.2. The number of hydrogen-bond donors (Lipinski definition) is 2. The first-order chi connectivity index (χ1) is 8.81. The monoisotopic (exact) mass is 265 g/mol. The van der Waals surface area contributed by atoms with Crippen LogP contribution in [-0.2, 0) is 4.79 Å². The predicted octanol–water partition coefficient (Wildman–Crippen LogP) is 2.49. The first kappa shape index (κ1) is 12.1. The maximum absolute atomic E-state index is 11.8. The number of nitrogens with zero attached hydrogens (tertiary/aromatic N) is 1. The Morgan fingerprint density at radius 2 is 2.11 bits per heavy atom. The summed E-state index contributed by atoms with van der Waals surface area (Å²) in [4.78, 5) is 16.2. The molecular formula is C13H19N3OS. The van der Waals surface area contributed by atoms with Crippen LogP contribution in [0.3, 0.4) is 0 Å². The summed E-state index contributed by atoms with van der Waals surface area (Å²) in [6.07, 6.45) is 7.49. The molecule has 0 spiro atoms. The molecule has 3 rings (SSSR count). The summed E-state index contributed by atoms with van der Waals surface area (Å²) in [5, 5.41) is 9.00. The van der Waals surface area contributed by atoms with Gasteiger partial charge in [0.15, 0.2) is 5.13 Å². The molecule has 2 aliphatic rings. The molecule has 0 bridgehead atoms. The summed E-state index contributed by atoms with van der Waals surface area (Å²) in [6.45, 7) is 0.406. The zero-order chi connectivity index (χ0) is 12.4. The van der Waals surface area contributed by atoms with Crippen molar-refractivity contribution < 1.29 is 4.79 Å². The molecule has 5 heteroatoms. The van der Waals surface area contributed by atoms with Crippen LogP contribution in [-0.4, -0.2) is 23.5 Å². The summed E-state index contributed by atoms with van der Waals surface area (Å²) in [6, 6.07) is 0.536. The Morgan fingerprint density at radius 1 is 1.33 bits per heavy atom. The molecule has 2 aliphatic carbocycles. The molecule has 1 heterocycles. The third-order valence-electron chi connectivity index (χ3n) is 3.67. The van der Waals surface area contributed by atoms with Gasteiger partial charge >= 0.3 is 0 Å². The van der Waals surface area contributed by atoms with Crippen LogP contribution in [0.4, 0.5) is 5.13 Å². The van der Waals surface area contributed by atoms with Crippen molar-refractivity contribution in [3.05, 3.63) is 11.1 Å². The van der Waals surface area contributed by atoms with E-state index in [1.54, 1.807) is 0 Å². The first-order valence-electron chi connectivity index (χ1n) is 6.80. The van der Waals surface area contributed by atoms with Gasteiger partial charge in [-0.15, -0.1) is 11.3 Å². The molecule has 0 atom stereocenters. The van der Waals surface area contributed by atoms with E-state index in [9.17, 15) is 4.79 Å². The van der Waals surface area contributed by atoms with Gasteiger partial charge in [-0.05, 0) is 25.7 Å².